The predicted molar refractivity (Wildman–Crippen MR) is 113 cm³/mol. The van der Waals surface area contributed by atoms with Gasteiger partial charge in [0.1, 0.15) is 30.9 Å². The van der Waals surface area contributed by atoms with Gasteiger partial charge in [0.2, 0.25) is 19.3 Å². The Morgan fingerprint density at radius 2 is 1.58 bits per heavy atom. The van der Waals surface area contributed by atoms with Crippen LogP contribution < -0.4 is 26.4 Å². The molecule has 0 fully saturated rings. The van der Waals surface area contributed by atoms with Crippen molar-refractivity contribution in [2.24, 2.45) is 0 Å². The van der Waals surface area contributed by atoms with Gasteiger partial charge >= 0.3 is 11.9 Å². The number of esters is 2. The summed E-state index contributed by atoms with van der Waals surface area (Å²) in [6.45, 7) is 6.74. The van der Waals surface area contributed by atoms with E-state index in [2.05, 4.69) is 20.1 Å². The Balaban J connectivity index is 2.68. The molecule has 0 spiro atoms. The predicted octanol–water partition coefficient (Wildman–Crippen LogP) is 0.269. The SMILES string of the molecule is CCOC(=O)[C@H](C)NP(=O)(COCCOc1cc(N)nc(N)n1)N[C@@H](C)C(=O)OCC. The van der Waals surface area contributed by atoms with Crippen molar-refractivity contribution in [3.8, 4) is 5.88 Å². The fourth-order valence-electron chi connectivity index (χ4n) is 2.31. The van der Waals surface area contributed by atoms with Gasteiger partial charge in [-0.1, -0.05) is 0 Å². The normalized spacial score (nSPS) is 13.3. The Hall–Kier alpha value is -2.47. The lowest BCUT2D eigenvalue weighted by Crippen LogP contribution is -2.42. The van der Waals surface area contributed by atoms with Crippen LogP contribution in [0, 0.1) is 0 Å². The molecule has 6 N–H and O–H groups in total. The van der Waals surface area contributed by atoms with Gasteiger partial charge in [-0.15, -0.1) is 0 Å². The second-order valence-electron chi connectivity index (χ2n) is 6.32. The molecule has 0 saturated carbocycles. The first-order valence-corrected chi connectivity index (χ1v) is 11.6. The second kappa shape index (κ2) is 13.1. The van der Waals surface area contributed by atoms with Crippen molar-refractivity contribution in [1.29, 1.82) is 0 Å². The third kappa shape index (κ3) is 9.92. The maximum Gasteiger partial charge on any atom is 0.323 e. The number of nitrogens with zero attached hydrogens (tertiary/aromatic N) is 2. The molecule has 14 heteroatoms. The Bertz CT molecular complexity index is 731. The Morgan fingerprint density at radius 3 is 2.06 bits per heavy atom. The summed E-state index contributed by atoms with van der Waals surface area (Å²) in [7, 11) is -3.56. The van der Waals surface area contributed by atoms with E-state index in [-0.39, 0.29) is 50.4 Å². The quantitative estimate of drug-likeness (QED) is 0.167. The van der Waals surface area contributed by atoms with Crippen LogP contribution >= 0.6 is 7.44 Å². The molecule has 0 aliphatic heterocycles. The van der Waals surface area contributed by atoms with Gasteiger partial charge in [0, 0.05) is 6.07 Å². The van der Waals surface area contributed by atoms with Crippen molar-refractivity contribution in [3.63, 3.8) is 0 Å². The van der Waals surface area contributed by atoms with E-state index < -0.39 is 31.5 Å². The second-order valence-corrected chi connectivity index (χ2v) is 8.57. The molecule has 31 heavy (non-hydrogen) atoms. The lowest BCUT2D eigenvalue weighted by atomic mass is 10.4. The fraction of sp³-hybridized carbons (Fsp3) is 0.647. The average Bonchev–Trinajstić information content (AvgIpc) is 2.67. The number of rotatable bonds is 14. The minimum Gasteiger partial charge on any atom is -0.475 e. The first-order valence-electron chi connectivity index (χ1n) is 9.68. The van der Waals surface area contributed by atoms with E-state index in [4.69, 9.17) is 30.4 Å². The van der Waals surface area contributed by atoms with Crippen molar-refractivity contribution in [1.82, 2.24) is 20.1 Å². The van der Waals surface area contributed by atoms with E-state index in [1.165, 1.54) is 19.9 Å². The summed E-state index contributed by atoms with van der Waals surface area (Å²) in [5.74, 6) is -0.886. The van der Waals surface area contributed by atoms with Crippen LogP contribution in [0.3, 0.4) is 0 Å². The van der Waals surface area contributed by atoms with Gasteiger partial charge in [-0.05, 0) is 27.7 Å². The smallest absolute Gasteiger partial charge is 0.323 e. The molecule has 1 rings (SSSR count). The highest BCUT2D eigenvalue weighted by Gasteiger charge is 2.32. The number of ether oxygens (including phenoxy) is 4. The molecule has 0 bridgehead atoms. The van der Waals surface area contributed by atoms with Gasteiger partial charge < -0.3 is 30.4 Å². The molecule has 2 atom stereocenters. The zero-order valence-corrected chi connectivity index (χ0v) is 19.0. The molecule has 0 radical (unpaired) electrons. The highest BCUT2D eigenvalue weighted by molar-refractivity contribution is 7.59. The number of aromatic nitrogens is 2. The molecule has 1 aromatic rings. The lowest BCUT2D eigenvalue weighted by molar-refractivity contribution is -0.145. The first kappa shape index (κ1) is 26.6. The van der Waals surface area contributed by atoms with E-state index in [0.717, 1.165) is 0 Å². The van der Waals surface area contributed by atoms with Gasteiger partial charge in [-0.25, -0.2) is 10.2 Å². The van der Waals surface area contributed by atoms with Crippen LogP contribution in [0.15, 0.2) is 6.07 Å². The van der Waals surface area contributed by atoms with E-state index in [1.54, 1.807) is 13.8 Å². The molecule has 0 aliphatic rings. The molecule has 0 aromatic carbocycles. The minimum atomic E-state index is -3.56. The zero-order valence-electron chi connectivity index (χ0n) is 18.1. The van der Waals surface area contributed by atoms with Crippen molar-refractivity contribution in [3.05, 3.63) is 6.07 Å². The molecule has 1 aromatic heterocycles. The summed E-state index contributed by atoms with van der Waals surface area (Å²) in [5.41, 5.74) is 11.0. The lowest BCUT2D eigenvalue weighted by Gasteiger charge is -2.26. The standard InChI is InChI=1S/C17H31N6O7P/c1-5-28-15(24)11(3)22-31(26,23-12(4)16(25)29-6-2)10-27-7-8-30-14-9-13(18)20-17(19)21-14/h9,11-12H,5-8,10H2,1-4H3,(H2,22,23,26)(H4,18,19,20,21)/t11-,12-/m0/s1. The maximum atomic E-state index is 13.3. The Labute approximate surface area is 181 Å². The number of hydrogen-bond donors (Lipinski definition) is 4. The molecule has 0 unspecified atom stereocenters. The summed E-state index contributed by atoms with van der Waals surface area (Å²) >= 11 is 0. The van der Waals surface area contributed by atoms with E-state index in [9.17, 15) is 14.2 Å². The molecule has 0 amide bonds. The third-order valence-corrected chi connectivity index (χ3v) is 5.73. The summed E-state index contributed by atoms with van der Waals surface area (Å²) in [6.07, 6.45) is -0.335. The van der Waals surface area contributed by atoms with Gasteiger partial charge in [0.05, 0.1) is 19.8 Å². The number of nitrogen functional groups attached to an aromatic ring is 2. The van der Waals surface area contributed by atoms with Gasteiger partial charge in [0.25, 0.3) is 0 Å². The van der Waals surface area contributed by atoms with Crippen LogP contribution in [-0.4, -0.2) is 66.8 Å². The molecule has 13 nitrogen and oxygen atoms in total. The number of nitrogens with two attached hydrogens (primary N) is 2. The highest BCUT2D eigenvalue weighted by atomic mass is 31.2. The monoisotopic (exact) mass is 462 g/mol. The minimum absolute atomic E-state index is 0.0265. The van der Waals surface area contributed by atoms with E-state index in [1.807, 2.05) is 0 Å². The van der Waals surface area contributed by atoms with Crippen molar-refractivity contribution < 1.29 is 33.1 Å². The van der Waals surface area contributed by atoms with Crippen LogP contribution in [0.2, 0.25) is 0 Å². The number of carbonyl (C=O) groups is 2. The molecular weight excluding hydrogens is 431 g/mol. The zero-order chi connectivity index (χ0) is 23.4. The van der Waals surface area contributed by atoms with Gasteiger partial charge in [-0.3, -0.25) is 14.2 Å². The van der Waals surface area contributed by atoms with Gasteiger partial charge in [-0.2, -0.15) is 9.97 Å². The molecule has 176 valence electrons. The maximum absolute atomic E-state index is 13.3. The van der Waals surface area contributed by atoms with Crippen molar-refractivity contribution in [2.45, 2.75) is 39.8 Å². The van der Waals surface area contributed by atoms with E-state index in [0.29, 0.717) is 0 Å². The van der Waals surface area contributed by atoms with Crippen LogP contribution in [0.4, 0.5) is 11.8 Å². The van der Waals surface area contributed by atoms with Crippen molar-refractivity contribution >= 4 is 31.1 Å². The average molecular weight is 462 g/mol. The molecule has 1 heterocycles. The van der Waals surface area contributed by atoms with Crippen LogP contribution in [0.1, 0.15) is 27.7 Å². The summed E-state index contributed by atoms with van der Waals surface area (Å²) < 4.78 is 34.0. The topological polar surface area (TPSA) is 190 Å². The fourth-order valence-corrected chi connectivity index (χ4v) is 4.38. The summed E-state index contributed by atoms with van der Waals surface area (Å²) in [5, 5.41) is 5.34. The number of nitrogens with one attached hydrogen (secondary N) is 2. The Kier molecular flexibility index (Phi) is 11.2. The molecular formula is C17H31N6O7P. The molecule has 0 aliphatic carbocycles. The number of carbonyl (C=O) groups excluding carboxylic acids is 2. The van der Waals surface area contributed by atoms with Crippen LogP contribution in [-0.2, 0) is 28.4 Å². The largest absolute Gasteiger partial charge is 0.475 e. The van der Waals surface area contributed by atoms with Crippen LogP contribution in [0.25, 0.3) is 0 Å². The van der Waals surface area contributed by atoms with Crippen LogP contribution in [0.5, 0.6) is 5.88 Å². The third-order valence-electron chi connectivity index (χ3n) is 3.58. The highest BCUT2D eigenvalue weighted by Crippen LogP contribution is 2.37. The molecule has 0 saturated heterocycles. The summed E-state index contributed by atoms with van der Waals surface area (Å²) in [6, 6.07) is -0.411. The first-order chi connectivity index (χ1) is 14.6. The van der Waals surface area contributed by atoms with E-state index >= 15 is 0 Å². The summed E-state index contributed by atoms with van der Waals surface area (Å²) in [4.78, 5) is 31.4. The number of anilines is 2. The van der Waals surface area contributed by atoms with Crippen molar-refractivity contribution in [2.75, 3.05) is 44.2 Å². The number of hydrogen-bond acceptors (Lipinski definition) is 11. The Morgan fingerprint density at radius 1 is 1.03 bits per heavy atom. The van der Waals surface area contributed by atoms with Gasteiger partial charge in [0.15, 0.2) is 0 Å².